The van der Waals surface area contributed by atoms with Crippen molar-refractivity contribution in [2.45, 2.75) is 64.5 Å². The Morgan fingerprint density at radius 2 is 2.05 bits per heavy atom. The number of aryl methyl sites for hydroxylation is 1. The van der Waals surface area contributed by atoms with Crippen LogP contribution < -0.4 is 10.5 Å². The minimum atomic E-state index is -0.0244. The molecule has 0 aromatic heterocycles. The first-order valence-corrected chi connectivity index (χ1v) is 7.44. The maximum absolute atomic E-state index is 6.44. The minimum absolute atomic E-state index is 0.0244. The molecule has 1 spiro atoms. The average Bonchev–Trinajstić information content (AvgIpc) is 2.29. The van der Waals surface area contributed by atoms with E-state index in [-0.39, 0.29) is 11.6 Å². The van der Waals surface area contributed by atoms with E-state index in [0.717, 1.165) is 25.0 Å². The van der Waals surface area contributed by atoms with Crippen LogP contribution in [0.4, 0.5) is 0 Å². The van der Waals surface area contributed by atoms with Crippen molar-refractivity contribution in [2.24, 2.45) is 11.1 Å². The second-order valence-electron chi connectivity index (χ2n) is 7.33. The molecule has 1 saturated carbocycles. The van der Waals surface area contributed by atoms with E-state index in [4.69, 9.17) is 10.5 Å². The number of hydrogen-bond acceptors (Lipinski definition) is 2. The number of ether oxygens (including phenoxy) is 1. The quantitative estimate of drug-likeness (QED) is 0.760. The fourth-order valence-corrected chi connectivity index (χ4v) is 4.04. The summed E-state index contributed by atoms with van der Waals surface area (Å²) in [6, 6.07) is 6.53. The van der Waals surface area contributed by atoms with E-state index in [2.05, 4.69) is 39.0 Å². The molecule has 19 heavy (non-hydrogen) atoms. The molecule has 1 aliphatic carbocycles. The Hall–Kier alpha value is -1.02. The second kappa shape index (κ2) is 4.24. The van der Waals surface area contributed by atoms with E-state index < -0.39 is 0 Å². The molecule has 2 heteroatoms. The Morgan fingerprint density at radius 1 is 1.26 bits per heavy atom. The van der Waals surface area contributed by atoms with Crippen LogP contribution in [0.5, 0.6) is 5.75 Å². The van der Waals surface area contributed by atoms with Gasteiger partial charge in [0.25, 0.3) is 0 Å². The van der Waals surface area contributed by atoms with E-state index in [1.165, 1.54) is 24.0 Å². The van der Waals surface area contributed by atoms with Gasteiger partial charge in [0.05, 0.1) is 0 Å². The van der Waals surface area contributed by atoms with Crippen molar-refractivity contribution in [3.63, 3.8) is 0 Å². The highest BCUT2D eigenvalue weighted by Gasteiger charge is 2.45. The first kappa shape index (κ1) is 13.0. The lowest BCUT2D eigenvalue weighted by atomic mass is 9.66. The third kappa shape index (κ3) is 2.38. The van der Waals surface area contributed by atoms with Crippen LogP contribution in [0.2, 0.25) is 0 Å². The highest BCUT2D eigenvalue weighted by molar-refractivity contribution is 5.41. The zero-order chi connectivity index (χ0) is 13.7. The van der Waals surface area contributed by atoms with Gasteiger partial charge in [0.1, 0.15) is 11.4 Å². The van der Waals surface area contributed by atoms with Gasteiger partial charge in [0, 0.05) is 18.0 Å². The highest BCUT2D eigenvalue weighted by atomic mass is 16.5. The summed E-state index contributed by atoms with van der Waals surface area (Å²) in [5.41, 5.74) is 9.23. The highest BCUT2D eigenvalue weighted by Crippen LogP contribution is 2.50. The van der Waals surface area contributed by atoms with E-state index in [0.29, 0.717) is 5.41 Å². The normalized spacial score (nSPS) is 32.7. The molecule has 2 nitrogen and oxygen atoms in total. The first-order valence-electron chi connectivity index (χ1n) is 7.44. The van der Waals surface area contributed by atoms with Crippen molar-refractivity contribution in [3.8, 4) is 5.75 Å². The van der Waals surface area contributed by atoms with Crippen molar-refractivity contribution >= 4 is 0 Å². The van der Waals surface area contributed by atoms with Crippen LogP contribution in [0.1, 0.15) is 63.1 Å². The predicted octanol–water partition coefficient (Wildman–Crippen LogP) is 4.12. The molecule has 1 fully saturated rings. The number of rotatable bonds is 0. The van der Waals surface area contributed by atoms with Crippen LogP contribution in [-0.4, -0.2) is 5.60 Å². The van der Waals surface area contributed by atoms with Crippen molar-refractivity contribution in [2.75, 3.05) is 0 Å². The second-order valence-corrected chi connectivity index (χ2v) is 7.33. The van der Waals surface area contributed by atoms with E-state index in [1.54, 1.807) is 0 Å². The maximum Gasteiger partial charge on any atom is 0.124 e. The van der Waals surface area contributed by atoms with Gasteiger partial charge in [-0.2, -0.15) is 0 Å². The van der Waals surface area contributed by atoms with Gasteiger partial charge < -0.3 is 10.5 Å². The molecule has 104 valence electrons. The standard InChI is InChI=1S/C17H25NO/c1-12-5-6-15-13(9-12)14(18)10-17(19-15)8-4-7-16(2,3)11-17/h5-6,9,14H,4,7-8,10-11,18H2,1-3H3/t14-,17?/m1/s1. The summed E-state index contributed by atoms with van der Waals surface area (Å²) in [6.45, 7) is 6.82. The lowest BCUT2D eigenvalue weighted by molar-refractivity contribution is -0.0385. The van der Waals surface area contributed by atoms with Crippen molar-refractivity contribution in [1.82, 2.24) is 0 Å². The summed E-state index contributed by atoms with van der Waals surface area (Å²) < 4.78 is 6.44. The molecule has 1 aromatic rings. The molecular formula is C17H25NO. The summed E-state index contributed by atoms with van der Waals surface area (Å²) in [5, 5.41) is 0. The third-order valence-electron chi connectivity index (χ3n) is 4.77. The molecule has 0 bridgehead atoms. The fraction of sp³-hybridized carbons (Fsp3) is 0.647. The Morgan fingerprint density at radius 3 is 2.79 bits per heavy atom. The predicted molar refractivity (Wildman–Crippen MR) is 78.3 cm³/mol. The van der Waals surface area contributed by atoms with Gasteiger partial charge in [-0.3, -0.25) is 0 Å². The summed E-state index contributed by atoms with van der Waals surface area (Å²) >= 11 is 0. The van der Waals surface area contributed by atoms with E-state index in [9.17, 15) is 0 Å². The van der Waals surface area contributed by atoms with Gasteiger partial charge in [0.15, 0.2) is 0 Å². The monoisotopic (exact) mass is 259 g/mol. The molecule has 1 aromatic carbocycles. The third-order valence-corrected chi connectivity index (χ3v) is 4.77. The number of hydrogen-bond donors (Lipinski definition) is 1. The van der Waals surface area contributed by atoms with Gasteiger partial charge in [-0.1, -0.05) is 31.5 Å². The van der Waals surface area contributed by atoms with Crippen LogP contribution in [0.25, 0.3) is 0 Å². The SMILES string of the molecule is Cc1ccc2c(c1)[C@H](N)CC1(CCCC(C)(C)C1)O2. The fourth-order valence-electron chi connectivity index (χ4n) is 4.04. The van der Waals surface area contributed by atoms with Crippen LogP contribution >= 0.6 is 0 Å². The van der Waals surface area contributed by atoms with Gasteiger partial charge in [0.2, 0.25) is 0 Å². The molecule has 0 amide bonds. The summed E-state index contributed by atoms with van der Waals surface area (Å²) in [6.07, 6.45) is 5.79. The molecule has 1 heterocycles. The molecular weight excluding hydrogens is 234 g/mol. The molecule has 0 saturated heterocycles. The number of fused-ring (bicyclic) bond motifs is 1. The van der Waals surface area contributed by atoms with Crippen LogP contribution in [-0.2, 0) is 0 Å². The summed E-state index contributed by atoms with van der Waals surface area (Å²) in [5.74, 6) is 1.02. The van der Waals surface area contributed by atoms with E-state index >= 15 is 0 Å². The Labute approximate surface area is 116 Å². The van der Waals surface area contributed by atoms with Crippen LogP contribution in [0.15, 0.2) is 18.2 Å². The average molecular weight is 259 g/mol. The molecule has 0 radical (unpaired) electrons. The van der Waals surface area contributed by atoms with Crippen molar-refractivity contribution < 1.29 is 4.74 Å². The van der Waals surface area contributed by atoms with Gasteiger partial charge >= 0.3 is 0 Å². The van der Waals surface area contributed by atoms with Gasteiger partial charge in [-0.05, 0) is 44.1 Å². The zero-order valence-electron chi connectivity index (χ0n) is 12.3. The Bertz CT molecular complexity index is 494. The Balaban J connectivity index is 1.94. The number of nitrogens with two attached hydrogens (primary N) is 1. The molecule has 1 aliphatic heterocycles. The zero-order valence-corrected chi connectivity index (χ0v) is 12.3. The van der Waals surface area contributed by atoms with E-state index in [1.807, 2.05) is 0 Å². The van der Waals surface area contributed by atoms with Crippen molar-refractivity contribution in [1.29, 1.82) is 0 Å². The van der Waals surface area contributed by atoms with Gasteiger partial charge in [-0.15, -0.1) is 0 Å². The number of benzene rings is 1. The maximum atomic E-state index is 6.44. The molecule has 2 N–H and O–H groups in total. The first-order chi connectivity index (χ1) is 8.89. The lowest BCUT2D eigenvalue weighted by Crippen LogP contribution is -2.48. The summed E-state index contributed by atoms with van der Waals surface area (Å²) in [4.78, 5) is 0. The Kier molecular flexibility index (Phi) is 2.90. The van der Waals surface area contributed by atoms with Crippen LogP contribution in [0, 0.1) is 12.3 Å². The minimum Gasteiger partial charge on any atom is -0.487 e. The van der Waals surface area contributed by atoms with Crippen LogP contribution in [0.3, 0.4) is 0 Å². The molecule has 1 unspecified atom stereocenters. The largest absolute Gasteiger partial charge is 0.487 e. The van der Waals surface area contributed by atoms with Gasteiger partial charge in [-0.25, -0.2) is 0 Å². The molecule has 3 rings (SSSR count). The van der Waals surface area contributed by atoms with Crippen molar-refractivity contribution in [3.05, 3.63) is 29.3 Å². The summed E-state index contributed by atoms with van der Waals surface area (Å²) in [7, 11) is 0. The molecule has 2 atom stereocenters. The lowest BCUT2D eigenvalue weighted by Gasteiger charge is -2.48. The smallest absolute Gasteiger partial charge is 0.124 e. The topological polar surface area (TPSA) is 35.2 Å². The molecule has 2 aliphatic rings.